The van der Waals surface area contributed by atoms with E-state index in [0.29, 0.717) is 37.6 Å². The van der Waals surface area contributed by atoms with Crippen molar-refractivity contribution in [2.45, 2.75) is 42.9 Å². The zero-order valence-electron chi connectivity index (χ0n) is 16.6. The minimum atomic E-state index is -3.42. The third-order valence-electron chi connectivity index (χ3n) is 5.71. The molecule has 2 fully saturated rings. The quantitative estimate of drug-likeness (QED) is 0.736. The molecule has 7 nitrogen and oxygen atoms in total. The summed E-state index contributed by atoms with van der Waals surface area (Å²) in [6, 6.07) is 3.72. The van der Waals surface area contributed by atoms with Crippen molar-refractivity contribution in [2.75, 3.05) is 37.3 Å². The van der Waals surface area contributed by atoms with Crippen molar-refractivity contribution in [2.24, 2.45) is 0 Å². The molecular formula is C20H26N4O3S2. The summed E-state index contributed by atoms with van der Waals surface area (Å²) >= 11 is 1.45. The summed E-state index contributed by atoms with van der Waals surface area (Å²) in [6.07, 6.45) is 7.52. The SMILES string of the molecule is CS(=O)(=O)c1cnc(N2CCCCC2)nc1C1CCN(C(=O)c2cccs2)CC1. The number of piperidine rings is 2. The van der Waals surface area contributed by atoms with E-state index in [4.69, 9.17) is 4.98 Å². The number of carbonyl (C=O) groups excluding carboxylic acids is 1. The highest BCUT2D eigenvalue weighted by molar-refractivity contribution is 7.90. The lowest BCUT2D eigenvalue weighted by Gasteiger charge is -2.33. The van der Waals surface area contributed by atoms with Crippen LogP contribution in [0.2, 0.25) is 0 Å². The fourth-order valence-electron chi connectivity index (χ4n) is 4.11. The van der Waals surface area contributed by atoms with Gasteiger partial charge in [-0.25, -0.2) is 18.4 Å². The van der Waals surface area contributed by atoms with E-state index in [1.165, 1.54) is 30.2 Å². The van der Waals surface area contributed by atoms with Crippen LogP contribution in [0.4, 0.5) is 5.95 Å². The third-order valence-corrected chi connectivity index (χ3v) is 7.68. The van der Waals surface area contributed by atoms with Gasteiger partial charge in [0.2, 0.25) is 5.95 Å². The number of amides is 1. The Morgan fingerprint density at radius 2 is 1.86 bits per heavy atom. The van der Waals surface area contributed by atoms with Crippen LogP contribution in [-0.2, 0) is 9.84 Å². The highest BCUT2D eigenvalue weighted by Crippen LogP contribution is 2.33. The van der Waals surface area contributed by atoms with Crippen LogP contribution in [0.25, 0.3) is 0 Å². The molecule has 156 valence electrons. The van der Waals surface area contributed by atoms with E-state index >= 15 is 0 Å². The van der Waals surface area contributed by atoms with Crippen molar-refractivity contribution in [3.8, 4) is 0 Å². The summed E-state index contributed by atoms with van der Waals surface area (Å²) in [5.74, 6) is 0.696. The predicted molar refractivity (Wildman–Crippen MR) is 113 cm³/mol. The largest absolute Gasteiger partial charge is 0.341 e. The van der Waals surface area contributed by atoms with Gasteiger partial charge in [0.15, 0.2) is 9.84 Å². The van der Waals surface area contributed by atoms with Gasteiger partial charge in [0, 0.05) is 38.4 Å². The molecule has 0 spiro atoms. The van der Waals surface area contributed by atoms with E-state index in [9.17, 15) is 13.2 Å². The van der Waals surface area contributed by atoms with E-state index in [-0.39, 0.29) is 16.7 Å². The van der Waals surface area contributed by atoms with Crippen molar-refractivity contribution in [1.82, 2.24) is 14.9 Å². The molecule has 9 heteroatoms. The average molecular weight is 435 g/mol. The van der Waals surface area contributed by atoms with Crippen molar-refractivity contribution < 1.29 is 13.2 Å². The normalized spacial score (nSPS) is 18.8. The molecule has 1 amide bonds. The second-order valence-electron chi connectivity index (χ2n) is 7.78. The van der Waals surface area contributed by atoms with Gasteiger partial charge in [0.05, 0.1) is 16.8 Å². The minimum Gasteiger partial charge on any atom is -0.341 e. The van der Waals surface area contributed by atoms with Crippen LogP contribution in [0.5, 0.6) is 0 Å². The number of carbonyl (C=O) groups is 1. The van der Waals surface area contributed by atoms with Crippen LogP contribution >= 0.6 is 11.3 Å². The first-order chi connectivity index (χ1) is 13.9. The second kappa shape index (κ2) is 8.39. The van der Waals surface area contributed by atoms with Crippen molar-refractivity contribution in [3.05, 3.63) is 34.3 Å². The fraction of sp³-hybridized carbons (Fsp3) is 0.550. The lowest BCUT2D eigenvalue weighted by atomic mass is 9.93. The first-order valence-electron chi connectivity index (χ1n) is 10.1. The fourth-order valence-corrected chi connectivity index (χ4v) is 5.64. The molecule has 0 N–H and O–H groups in total. The van der Waals surface area contributed by atoms with Gasteiger partial charge in [-0.3, -0.25) is 4.79 Å². The molecular weight excluding hydrogens is 408 g/mol. The van der Waals surface area contributed by atoms with Gasteiger partial charge in [0.25, 0.3) is 5.91 Å². The monoisotopic (exact) mass is 434 g/mol. The van der Waals surface area contributed by atoms with Gasteiger partial charge in [-0.1, -0.05) is 6.07 Å². The number of aromatic nitrogens is 2. The smallest absolute Gasteiger partial charge is 0.263 e. The Kier molecular flexibility index (Phi) is 5.87. The van der Waals surface area contributed by atoms with Crippen LogP contribution < -0.4 is 4.90 Å². The highest BCUT2D eigenvalue weighted by atomic mass is 32.2. The number of hydrogen-bond donors (Lipinski definition) is 0. The molecule has 2 saturated heterocycles. The topological polar surface area (TPSA) is 83.5 Å². The molecule has 0 saturated carbocycles. The molecule has 0 aromatic carbocycles. The maximum atomic E-state index is 12.6. The number of likely N-dealkylation sites (tertiary alicyclic amines) is 1. The molecule has 2 aromatic heterocycles. The molecule has 0 aliphatic carbocycles. The Balaban J connectivity index is 1.55. The molecule has 0 atom stereocenters. The van der Waals surface area contributed by atoms with Crippen LogP contribution in [0, 0.1) is 0 Å². The molecule has 0 unspecified atom stereocenters. The Hall–Kier alpha value is -2.00. The van der Waals surface area contributed by atoms with Gasteiger partial charge in [-0.05, 0) is 43.6 Å². The maximum absolute atomic E-state index is 12.6. The number of thiophene rings is 1. The molecule has 29 heavy (non-hydrogen) atoms. The summed E-state index contributed by atoms with van der Waals surface area (Å²) in [7, 11) is -3.42. The molecule has 2 aliphatic heterocycles. The van der Waals surface area contributed by atoms with Gasteiger partial charge in [-0.15, -0.1) is 11.3 Å². The molecule has 0 radical (unpaired) electrons. The van der Waals surface area contributed by atoms with Crippen LogP contribution in [-0.4, -0.2) is 61.6 Å². The molecule has 2 aliphatic rings. The van der Waals surface area contributed by atoms with Crippen LogP contribution in [0.1, 0.15) is 53.4 Å². The molecule has 4 heterocycles. The predicted octanol–water partition coefficient (Wildman–Crippen LogP) is 2.95. The first kappa shape index (κ1) is 20.3. The third kappa shape index (κ3) is 4.45. The van der Waals surface area contributed by atoms with Crippen molar-refractivity contribution >= 4 is 33.0 Å². The lowest BCUT2D eigenvalue weighted by Crippen LogP contribution is -2.38. The summed E-state index contributed by atoms with van der Waals surface area (Å²) in [6.45, 7) is 3.03. The van der Waals surface area contributed by atoms with Crippen LogP contribution in [0.15, 0.2) is 28.6 Å². The van der Waals surface area contributed by atoms with Gasteiger partial charge >= 0.3 is 0 Å². The molecule has 0 bridgehead atoms. The summed E-state index contributed by atoms with van der Waals surface area (Å²) in [5, 5.41) is 1.90. The van der Waals surface area contributed by atoms with E-state index in [1.54, 1.807) is 0 Å². The zero-order valence-corrected chi connectivity index (χ0v) is 18.2. The summed E-state index contributed by atoms with van der Waals surface area (Å²) in [4.78, 5) is 26.7. The van der Waals surface area contributed by atoms with E-state index < -0.39 is 9.84 Å². The molecule has 4 rings (SSSR count). The Morgan fingerprint density at radius 1 is 1.14 bits per heavy atom. The molecule has 2 aromatic rings. The minimum absolute atomic E-state index is 0.0126. The Morgan fingerprint density at radius 3 is 2.48 bits per heavy atom. The number of hydrogen-bond acceptors (Lipinski definition) is 7. The maximum Gasteiger partial charge on any atom is 0.263 e. The number of nitrogens with zero attached hydrogens (tertiary/aromatic N) is 4. The summed E-state index contributed by atoms with van der Waals surface area (Å²) in [5.41, 5.74) is 0.617. The van der Waals surface area contributed by atoms with Gasteiger partial charge in [0.1, 0.15) is 4.90 Å². The van der Waals surface area contributed by atoms with Crippen molar-refractivity contribution in [1.29, 1.82) is 0 Å². The van der Waals surface area contributed by atoms with E-state index in [0.717, 1.165) is 30.8 Å². The van der Waals surface area contributed by atoms with E-state index in [1.807, 2.05) is 22.4 Å². The standard InChI is InChI=1S/C20H26N4O3S2/c1-29(26,27)17-14-21-20(24-9-3-2-4-10-24)22-18(17)15-7-11-23(12-8-15)19(25)16-6-5-13-28-16/h5-6,13-15H,2-4,7-12H2,1H3. The summed E-state index contributed by atoms with van der Waals surface area (Å²) < 4.78 is 24.7. The second-order valence-corrected chi connectivity index (χ2v) is 10.7. The first-order valence-corrected chi connectivity index (χ1v) is 12.9. The van der Waals surface area contributed by atoms with Crippen LogP contribution in [0.3, 0.4) is 0 Å². The van der Waals surface area contributed by atoms with Gasteiger partial charge < -0.3 is 9.80 Å². The van der Waals surface area contributed by atoms with Gasteiger partial charge in [-0.2, -0.15) is 0 Å². The number of rotatable bonds is 4. The Labute approximate surface area is 175 Å². The Bertz CT molecular complexity index is 962. The lowest BCUT2D eigenvalue weighted by molar-refractivity contribution is 0.0716. The van der Waals surface area contributed by atoms with Crippen molar-refractivity contribution in [3.63, 3.8) is 0 Å². The number of sulfone groups is 1. The number of anilines is 1. The highest BCUT2D eigenvalue weighted by Gasteiger charge is 2.30. The average Bonchev–Trinajstić information content (AvgIpc) is 3.28. The van der Waals surface area contributed by atoms with E-state index in [2.05, 4.69) is 9.88 Å². The zero-order chi connectivity index (χ0) is 20.4.